The summed E-state index contributed by atoms with van der Waals surface area (Å²) in [4.78, 5) is 9.14. The Bertz CT molecular complexity index is 1030. The second-order valence-corrected chi connectivity index (χ2v) is 5.82. The van der Waals surface area contributed by atoms with E-state index in [1.165, 1.54) is 0 Å². The van der Waals surface area contributed by atoms with Crippen molar-refractivity contribution in [3.05, 3.63) is 42.2 Å². The van der Waals surface area contributed by atoms with Crippen molar-refractivity contribution < 1.29 is 4.52 Å². The lowest BCUT2D eigenvalue weighted by atomic mass is 10.2. The van der Waals surface area contributed by atoms with Gasteiger partial charge >= 0.3 is 0 Å². The van der Waals surface area contributed by atoms with E-state index in [2.05, 4.69) is 25.5 Å². The Balaban J connectivity index is 1.85. The third-order valence-electron chi connectivity index (χ3n) is 3.81. The largest absolute Gasteiger partial charge is 0.338 e. The van der Waals surface area contributed by atoms with E-state index in [1.54, 1.807) is 23.1 Å². The van der Waals surface area contributed by atoms with Gasteiger partial charge in [0.25, 0.3) is 0 Å². The third-order valence-corrected chi connectivity index (χ3v) is 3.81. The Morgan fingerprint density at radius 2 is 2.16 bits per heavy atom. The molecule has 0 amide bonds. The fourth-order valence-electron chi connectivity index (χ4n) is 2.70. The lowest BCUT2D eigenvalue weighted by molar-refractivity contribution is 0.429. The zero-order valence-corrected chi connectivity index (χ0v) is 14.0. The Hall–Kier alpha value is -3.20. The molecule has 0 unspecified atom stereocenters. The summed E-state index contributed by atoms with van der Waals surface area (Å²) >= 11 is 0. The first-order chi connectivity index (χ1) is 12.1. The van der Waals surface area contributed by atoms with Gasteiger partial charge in [0.15, 0.2) is 11.5 Å². The van der Waals surface area contributed by atoms with E-state index < -0.39 is 0 Å². The van der Waals surface area contributed by atoms with Crippen molar-refractivity contribution in [2.75, 3.05) is 11.9 Å². The molecule has 3 N–H and O–H groups in total. The molecule has 0 fully saturated rings. The van der Waals surface area contributed by atoms with Gasteiger partial charge in [-0.2, -0.15) is 5.10 Å². The van der Waals surface area contributed by atoms with E-state index in [0.29, 0.717) is 30.3 Å². The number of rotatable bonds is 5. The molecule has 4 aromatic heterocycles. The topological polar surface area (TPSA) is 112 Å². The molecule has 0 aliphatic carbocycles. The molecule has 4 aromatic rings. The first-order valence-corrected chi connectivity index (χ1v) is 7.90. The quantitative estimate of drug-likeness (QED) is 0.569. The van der Waals surface area contributed by atoms with Crippen LogP contribution in [0.4, 0.5) is 11.7 Å². The number of nitrogens with zero attached hydrogens (tertiary/aromatic N) is 6. The minimum atomic E-state index is 0.510. The van der Waals surface area contributed by atoms with Gasteiger partial charge in [0.05, 0.1) is 29.5 Å². The predicted molar refractivity (Wildman–Crippen MR) is 92.5 cm³/mol. The minimum Gasteiger partial charge on any atom is -0.338 e. The predicted octanol–water partition coefficient (Wildman–Crippen LogP) is 1.67. The van der Waals surface area contributed by atoms with Crippen LogP contribution in [-0.2, 0) is 13.5 Å². The van der Waals surface area contributed by atoms with E-state index >= 15 is 0 Å². The number of anilines is 2. The highest BCUT2D eigenvalue weighted by Gasteiger charge is 2.15. The fraction of sp³-hybridized carbons (Fsp3) is 0.250. The van der Waals surface area contributed by atoms with Crippen LogP contribution in [0.2, 0.25) is 0 Å². The Labute approximate surface area is 143 Å². The van der Waals surface area contributed by atoms with Gasteiger partial charge in [0, 0.05) is 37.5 Å². The van der Waals surface area contributed by atoms with Crippen molar-refractivity contribution in [1.29, 1.82) is 0 Å². The van der Waals surface area contributed by atoms with E-state index in [4.69, 9.17) is 10.3 Å². The second kappa shape index (κ2) is 6.02. The molecule has 0 spiro atoms. The summed E-state index contributed by atoms with van der Waals surface area (Å²) in [5, 5.41) is 11.3. The standard InChI is InChI=1S/C16H18N8O/c1-10-5-14(25-22-10)21-15-16-18-7-13(11-6-19-23(2)8-11)24(16)9-12(20-15)3-4-17/h5-9H,3-4,17H2,1-2H3,(H,20,21). The van der Waals surface area contributed by atoms with Gasteiger partial charge < -0.3 is 15.6 Å². The molecule has 128 valence electrons. The number of nitrogens with one attached hydrogen (secondary N) is 1. The molecule has 0 atom stereocenters. The molecule has 0 saturated carbocycles. The van der Waals surface area contributed by atoms with Crippen molar-refractivity contribution >= 4 is 17.3 Å². The van der Waals surface area contributed by atoms with Crippen molar-refractivity contribution in [1.82, 2.24) is 29.3 Å². The molecule has 0 aliphatic heterocycles. The summed E-state index contributed by atoms with van der Waals surface area (Å²) in [6.07, 6.45) is 8.16. The Morgan fingerprint density at radius 3 is 2.84 bits per heavy atom. The van der Waals surface area contributed by atoms with Crippen LogP contribution in [-0.4, -0.2) is 35.9 Å². The van der Waals surface area contributed by atoms with Gasteiger partial charge in [0.2, 0.25) is 5.88 Å². The molecule has 0 bridgehead atoms. The monoisotopic (exact) mass is 338 g/mol. The SMILES string of the molecule is Cc1cc(Nc2nc(CCN)cn3c(-c4cnn(C)c4)cnc23)on1. The van der Waals surface area contributed by atoms with Crippen LogP contribution in [0.15, 0.2) is 35.4 Å². The highest BCUT2D eigenvalue weighted by molar-refractivity contribution is 5.73. The molecule has 0 aromatic carbocycles. The number of fused-ring (bicyclic) bond motifs is 1. The highest BCUT2D eigenvalue weighted by atomic mass is 16.5. The maximum atomic E-state index is 5.71. The number of aryl methyl sites for hydroxylation is 2. The van der Waals surface area contributed by atoms with Crippen molar-refractivity contribution in [3.8, 4) is 11.3 Å². The molecule has 0 saturated heterocycles. The Kier molecular flexibility index (Phi) is 3.69. The van der Waals surface area contributed by atoms with Crippen LogP contribution >= 0.6 is 0 Å². The summed E-state index contributed by atoms with van der Waals surface area (Å²) in [5.74, 6) is 1.11. The van der Waals surface area contributed by atoms with Gasteiger partial charge in [-0.1, -0.05) is 5.16 Å². The zero-order chi connectivity index (χ0) is 17.4. The minimum absolute atomic E-state index is 0.510. The second-order valence-electron chi connectivity index (χ2n) is 5.82. The van der Waals surface area contributed by atoms with Crippen LogP contribution in [0.5, 0.6) is 0 Å². The van der Waals surface area contributed by atoms with Gasteiger partial charge in [0.1, 0.15) is 0 Å². The van der Waals surface area contributed by atoms with Crippen LogP contribution in [0.3, 0.4) is 0 Å². The Morgan fingerprint density at radius 1 is 1.28 bits per heavy atom. The number of imidazole rings is 1. The van der Waals surface area contributed by atoms with Gasteiger partial charge in [-0.25, -0.2) is 9.97 Å². The average molecular weight is 338 g/mol. The fourth-order valence-corrected chi connectivity index (χ4v) is 2.70. The lowest BCUT2D eigenvalue weighted by Gasteiger charge is -2.08. The van der Waals surface area contributed by atoms with E-state index in [0.717, 1.165) is 22.6 Å². The van der Waals surface area contributed by atoms with Crippen LogP contribution in [0, 0.1) is 6.92 Å². The molecule has 4 heterocycles. The molecular weight excluding hydrogens is 320 g/mol. The van der Waals surface area contributed by atoms with E-state index in [-0.39, 0.29) is 0 Å². The molecule has 0 aliphatic rings. The number of aromatic nitrogens is 6. The summed E-state index contributed by atoms with van der Waals surface area (Å²) in [6.45, 7) is 2.37. The van der Waals surface area contributed by atoms with Crippen LogP contribution < -0.4 is 11.1 Å². The first-order valence-electron chi connectivity index (χ1n) is 7.90. The summed E-state index contributed by atoms with van der Waals surface area (Å²) in [5.41, 5.74) is 9.95. The van der Waals surface area contributed by atoms with Crippen LogP contribution in [0.25, 0.3) is 16.9 Å². The zero-order valence-electron chi connectivity index (χ0n) is 14.0. The van der Waals surface area contributed by atoms with Crippen molar-refractivity contribution in [2.24, 2.45) is 12.8 Å². The average Bonchev–Trinajstić information content (AvgIpc) is 3.28. The smallest absolute Gasteiger partial charge is 0.230 e. The summed E-state index contributed by atoms with van der Waals surface area (Å²) in [7, 11) is 1.88. The van der Waals surface area contributed by atoms with Crippen molar-refractivity contribution in [3.63, 3.8) is 0 Å². The van der Waals surface area contributed by atoms with Crippen molar-refractivity contribution in [2.45, 2.75) is 13.3 Å². The number of nitrogens with two attached hydrogens (primary N) is 1. The maximum absolute atomic E-state index is 5.71. The van der Waals surface area contributed by atoms with Gasteiger partial charge in [-0.3, -0.25) is 9.08 Å². The normalized spacial score (nSPS) is 11.3. The van der Waals surface area contributed by atoms with Gasteiger partial charge in [-0.05, 0) is 13.5 Å². The maximum Gasteiger partial charge on any atom is 0.230 e. The molecule has 25 heavy (non-hydrogen) atoms. The van der Waals surface area contributed by atoms with E-state index in [9.17, 15) is 0 Å². The molecule has 9 heteroatoms. The van der Waals surface area contributed by atoms with E-state index in [1.807, 2.05) is 30.8 Å². The molecule has 9 nitrogen and oxygen atoms in total. The summed E-state index contributed by atoms with van der Waals surface area (Å²) < 4.78 is 8.98. The first kappa shape index (κ1) is 15.3. The molecule has 0 radical (unpaired) electrons. The van der Waals surface area contributed by atoms with Crippen LogP contribution in [0.1, 0.15) is 11.4 Å². The lowest BCUT2D eigenvalue weighted by Crippen LogP contribution is -2.08. The molecule has 4 rings (SSSR count). The number of hydrogen-bond donors (Lipinski definition) is 2. The highest BCUT2D eigenvalue weighted by Crippen LogP contribution is 2.26. The van der Waals surface area contributed by atoms with Gasteiger partial charge in [-0.15, -0.1) is 0 Å². The number of hydrogen-bond acceptors (Lipinski definition) is 7. The molecular formula is C16H18N8O. The summed E-state index contributed by atoms with van der Waals surface area (Å²) in [6, 6.07) is 1.80. The third kappa shape index (κ3) is 2.85.